The van der Waals surface area contributed by atoms with Gasteiger partial charge in [0, 0.05) is 17.8 Å². The van der Waals surface area contributed by atoms with Gasteiger partial charge in [0.1, 0.15) is 18.7 Å². The van der Waals surface area contributed by atoms with Crippen LogP contribution in [0.4, 0.5) is 4.39 Å². The number of hydrogen-bond donors (Lipinski definition) is 1. The average Bonchev–Trinajstić information content (AvgIpc) is 3.15. The maximum atomic E-state index is 13.1. The highest BCUT2D eigenvalue weighted by Gasteiger charge is 2.15. The first-order valence-corrected chi connectivity index (χ1v) is 8.30. The molecule has 10 heteroatoms. The Morgan fingerprint density at radius 1 is 1.26 bits per heavy atom. The van der Waals surface area contributed by atoms with E-state index in [0.29, 0.717) is 16.7 Å². The number of amides is 1. The maximum Gasteiger partial charge on any atom is 0.297 e. The van der Waals surface area contributed by atoms with Crippen molar-refractivity contribution in [2.24, 2.45) is 0 Å². The fourth-order valence-corrected chi connectivity index (χ4v) is 3.00. The number of nitrogens with one attached hydrogen (secondary N) is 1. The van der Waals surface area contributed by atoms with Crippen LogP contribution >= 0.6 is 11.6 Å². The summed E-state index contributed by atoms with van der Waals surface area (Å²) in [6, 6.07) is 7.28. The highest BCUT2D eigenvalue weighted by atomic mass is 35.5. The first kappa shape index (κ1) is 17.1. The third-order valence-corrected chi connectivity index (χ3v) is 4.41. The molecule has 3 aromatic heterocycles. The third kappa shape index (κ3) is 3.13. The Morgan fingerprint density at radius 3 is 2.93 bits per heavy atom. The van der Waals surface area contributed by atoms with Crippen molar-refractivity contribution >= 4 is 34.3 Å². The normalized spacial score (nSPS) is 11.2. The van der Waals surface area contributed by atoms with Gasteiger partial charge >= 0.3 is 0 Å². The van der Waals surface area contributed by atoms with Crippen LogP contribution in [0.15, 0.2) is 47.7 Å². The summed E-state index contributed by atoms with van der Waals surface area (Å²) in [6.45, 7) is -0.126. The van der Waals surface area contributed by atoms with Crippen molar-refractivity contribution in [3.05, 3.63) is 69.6 Å². The summed E-state index contributed by atoms with van der Waals surface area (Å²) in [7, 11) is 0. The number of benzene rings is 1. The molecule has 0 atom stereocenters. The van der Waals surface area contributed by atoms with Crippen molar-refractivity contribution in [1.29, 1.82) is 0 Å². The Morgan fingerprint density at radius 2 is 2.11 bits per heavy atom. The van der Waals surface area contributed by atoms with Crippen LogP contribution in [-0.4, -0.2) is 30.1 Å². The van der Waals surface area contributed by atoms with Crippen LogP contribution in [0.25, 0.3) is 16.8 Å². The van der Waals surface area contributed by atoms with E-state index in [4.69, 9.17) is 11.6 Å². The number of carbonyl (C=O) groups excluding carboxylic acids is 1. The lowest BCUT2D eigenvalue weighted by atomic mass is 10.2. The van der Waals surface area contributed by atoms with Crippen LogP contribution in [0.5, 0.6) is 0 Å². The first-order valence-electron chi connectivity index (χ1n) is 7.92. The van der Waals surface area contributed by atoms with E-state index in [1.165, 1.54) is 33.5 Å². The van der Waals surface area contributed by atoms with E-state index >= 15 is 0 Å². The molecule has 0 aliphatic carbocycles. The van der Waals surface area contributed by atoms with Gasteiger partial charge < -0.3 is 5.32 Å². The van der Waals surface area contributed by atoms with E-state index in [9.17, 15) is 14.0 Å². The standard InChI is InChI=1S/C17H12ClFN6O2/c18-12-6-11(19)4-3-10(12)7-21-14(26)8-24-13-2-1-5-20-15(13)25-9-22-23-16(25)17(24)27/h1-6,9H,7-8H2,(H,21,26). The molecular formula is C17H12ClFN6O2. The van der Waals surface area contributed by atoms with Crippen molar-refractivity contribution in [1.82, 2.24) is 29.5 Å². The molecule has 1 aromatic carbocycles. The van der Waals surface area contributed by atoms with Crippen LogP contribution in [-0.2, 0) is 17.9 Å². The molecule has 0 saturated heterocycles. The summed E-state index contributed by atoms with van der Waals surface area (Å²) in [4.78, 5) is 29.3. The molecule has 1 amide bonds. The topological polar surface area (TPSA) is 94.2 Å². The SMILES string of the molecule is O=C(Cn1c(=O)c2nncn2c2ncccc21)NCc1ccc(F)cc1Cl. The number of hydrogen-bond acceptors (Lipinski definition) is 5. The fraction of sp³-hybridized carbons (Fsp3) is 0.118. The predicted octanol–water partition coefficient (Wildman–Crippen LogP) is 1.55. The summed E-state index contributed by atoms with van der Waals surface area (Å²) in [5.74, 6) is -0.867. The van der Waals surface area contributed by atoms with Gasteiger partial charge in [-0.2, -0.15) is 0 Å². The largest absolute Gasteiger partial charge is 0.350 e. The van der Waals surface area contributed by atoms with Crippen molar-refractivity contribution in [2.45, 2.75) is 13.1 Å². The number of nitrogens with zero attached hydrogens (tertiary/aromatic N) is 5. The molecule has 1 N–H and O–H groups in total. The van der Waals surface area contributed by atoms with Crippen LogP contribution in [0.2, 0.25) is 5.02 Å². The smallest absolute Gasteiger partial charge is 0.297 e. The molecule has 0 aliphatic rings. The van der Waals surface area contributed by atoms with Crippen LogP contribution in [0, 0.1) is 5.82 Å². The second-order valence-electron chi connectivity index (χ2n) is 5.77. The van der Waals surface area contributed by atoms with Gasteiger partial charge in [-0.25, -0.2) is 9.37 Å². The van der Waals surface area contributed by atoms with Gasteiger partial charge in [0.2, 0.25) is 11.6 Å². The number of fused-ring (bicyclic) bond motifs is 3. The summed E-state index contributed by atoms with van der Waals surface area (Å²) in [5, 5.41) is 10.4. The zero-order valence-corrected chi connectivity index (χ0v) is 14.5. The van der Waals surface area contributed by atoms with Gasteiger partial charge in [-0.15, -0.1) is 10.2 Å². The second-order valence-corrected chi connectivity index (χ2v) is 6.18. The predicted molar refractivity (Wildman–Crippen MR) is 95.8 cm³/mol. The second kappa shape index (κ2) is 6.76. The Balaban J connectivity index is 1.63. The van der Waals surface area contributed by atoms with Gasteiger partial charge in [-0.3, -0.25) is 18.6 Å². The van der Waals surface area contributed by atoms with Gasteiger partial charge in [-0.1, -0.05) is 17.7 Å². The maximum absolute atomic E-state index is 13.1. The highest BCUT2D eigenvalue weighted by molar-refractivity contribution is 6.31. The van der Waals surface area contributed by atoms with Gasteiger partial charge in [0.05, 0.1) is 5.52 Å². The van der Waals surface area contributed by atoms with E-state index < -0.39 is 17.3 Å². The monoisotopic (exact) mass is 386 g/mol. The molecule has 27 heavy (non-hydrogen) atoms. The quantitative estimate of drug-likeness (QED) is 0.574. The average molecular weight is 387 g/mol. The molecule has 0 unspecified atom stereocenters. The lowest BCUT2D eigenvalue weighted by Crippen LogP contribution is -2.33. The summed E-state index contributed by atoms with van der Waals surface area (Å²) in [6.07, 6.45) is 2.97. The minimum absolute atomic E-state index is 0.0792. The Kier molecular flexibility index (Phi) is 4.28. The Labute approximate surface area is 156 Å². The van der Waals surface area contributed by atoms with Crippen LogP contribution in [0.3, 0.4) is 0 Å². The minimum atomic E-state index is -0.456. The van der Waals surface area contributed by atoms with E-state index in [-0.39, 0.29) is 23.8 Å². The molecule has 8 nitrogen and oxygen atoms in total. The van der Waals surface area contributed by atoms with Gasteiger partial charge in [-0.05, 0) is 29.8 Å². The first-order chi connectivity index (χ1) is 13.0. The molecular weight excluding hydrogens is 375 g/mol. The lowest BCUT2D eigenvalue weighted by molar-refractivity contribution is -0.121. The molecule has 0 bridgehead atoms. The van der Waals surface area contributed by atoms with Crippen LogP contribution < -0.4 is 10.9 Å². The van der Waals surface area contributed by atoms with Gasteiger partial charge in [0.25, 0.3) is 5.56 Å². The molecule has 0 fully saturated rings. The van der Waals surface area contributed by atoms with Crippen LogP contribution in [0.1, 0.15) is 5.56 Å². The molecule has 136 valence electrons. The third-order valence-electron chi connectivity index (χ3n) is 4.06. The highest BCUT2D eigenvalue weighted by Crippen LogP contribution is 2.17. The Hall–Kier alpha value is -3.33. The van der Waals surface area contributed by atoms with Crippen molar-refractivity contribution in [2.75, 3.05) is 0 Å². The summed E-state index contributed by atoms with van der Waals surface area (Å²) >= 11 is 5.96. The lowest BCUT2D eigenvalue weighted by Gasteiger charge is -2.11. The summed E-state index contributed by atoms with van der Waals surface area (Å²) < 4.78 is 15.9. The number of halogens is 2. The minimum Gasteiger partial charge on any atom is -0.350 e. The van der Waals surface area contributed by atoms with E-state index in [1.54, 1.807) is 18.3 Å². The molecule has 3 heterocycles. The molecule has 0 spiro atoms. The number of carbonyl (C=O) groups is 1. The van der Waals surface area contributed by atoms with Crippen molar-refractivity contribution in [3.8, 4) is 0 Å². The van der Waals surface area contributed by atoms with Crippen molar-refractivity contribution < 1.29 is 9.18 Å². The summed E-state index contributed by atoms with van der Waals surface area (Å²) in [5.41, 5.74) is 1.13. The van der Waals surface area contributed by atoms with E-state index in [1.807, 2.05) is 0 Å². The van der Waals surface area contributed by atoms with Gasteiger partial charge in [0.15, 0.2) is 5.65 Å². The molecule has 4 aromatic rings. The molecule has 0 saturated carbocycles. The number of pyridine rings is 1. The molecule has 4 rings (SSSR count). The molecule has 0 aliphatic heterocycles. The fourth-order valence-electron chi connectivity index (χ4n) is 2.77. The molecule has 0 radical (unpaired) electrons. The Bertz CT molecular complexity index is 1240. The van der Waals surface area contributed by atoms with E-state index in [0.717, 1.165) is 0 Å². The zero-order valence-electron chi connectivity index (χ0n) is 13.8. The number of aromatic nitrogens is 5. The number of rotatable bonds is 4. The van der Waals surface area contributed by atoms with E-state index in [2.05, 4.69) is 20.5 Å². The zero-order chi connectivity index (χ0) is 19.0. The van der Waals surface area contributed by atoms with Crippen molar-refractivity contribution in [3.63, 3.8) is 0 Å².